The minimum Gasteiger partial charge on any atom is -0.478 e. The maximum Gasteiger partial charge on any atom is 0.328 e. The van der Waals surface area contributed by atoms with Crippen LogP contribution in [-0.4, -0.2) is 79.1 Å². The fourth-order valence-electron chi connectivity index (χ4n) is 3.71. The van der Waals surface area contributed by atoms with Crippen LogP contribution in [0.1, 0.15) is 27.4 Å². The first-order valence-corrected chi connectivity index (χ1v) is 10.4. The lowest BCUT2D eigenvalue weighted by Gasteiger charge is -2.28. The zero-order chi connectivity index (χ0) is 25.0. The molecule has 3 N–H and O–H groups in total. The first kappa shape index (κ1) is 24.2. The molecule has 1 aromatic carbocycles. The summed E-state index contributed by atoms with van der Waals surface area (Å²) in [7, 11) is 3.45. The van der Waals surface area contributed by atoms with Crippen LogP contribution in [0.15, 0.2) is 42.7 Å². The normalized spacial score (nSPS) is 12.9. The number of fused-ring (bicyclic) bond motifs is 3. The van der Waals surface area contributed by atoms with E-state index in [-0.39, 0.29) is 11.9 Å². The molecule has 0 saturated heterocycles. The predicted octanol–water partition coefficient (Wildman–Crippen LogP) is 2.11. The molecule has 3 aromatic rings. The smallest absolute Gasteiger partial charge is 0.328 e. The molecule has 2 amide bonds. The van der Waals surface area contributed by atoms with E-state index in [1.807, 2.05) is 36.1 Å². The third-order valence-electron chi connectivity index (χ3n) is 5.31. The summed E-state index contributed by atoms with van der Waals surface area (Å²) in [4.78, 5) is 55.8. The van der Waals surface area contributed by atoms with Gasteiger partial charge in [0, 0.05) is 56.0 Å². The summed E-state index contributed by atoms with van der Waals surface area (Å²) < 4.78 is 1.68. The van der Waals surface area contributed by atoms with Crippen LogP contribution in [0.3, 0.4) is 0 Å². The van der Waals surface area contributed by atoms with Crippen molar-refractivity contribution in [3.63, 3.8) is 0 Å². The number of aromatic amines is 1. The number of carbonyl (C=O) groups excluding carboxylic acids is 2. The number of aryl methyl sites for hydroxylation is 1. The van der Waals surface area contributed by atoms with Gasteiger partial charge in [-0.3, -0.25) is 9.36 Å². The van der Waals surface area contributed by atoms with Crippen LogP contribution in [-0.2, 0) is 22.6 Å². The van der Waals surface area contributed by atoms with Crippen LogP contribution < -0.4 is 0 Å². The number of imidazole rings is 1. The van der Waals surface area contributed by atoms with Gasteiger partial charge in [0.05, 0.1) is 29.6 Å². The van der Waals surface area contributed by atoms with Crippen LogP contribution in [0.2, 0.25) is 0 Å². The Morgan fingerprint density at radius 3 is 2.35 bits per heavy atom. The molecule has 11 heteroatoms. The Balaban J connectivity index is 0.000000350. The number of aliphatic carboxylic acids is 2. The van der Waals surface area contributed by atoms with Gasteiger partial charge in [-0.05, 0) is 13.0 Å². The van der Waals surface area contributed by atoms with Gasteiger partial charge in [-0.15, -0.1) is 0 Å². The summed E-state index contributed by atoms with van der Waals surface area (Å²) in [6.07, 6.45) is 3.40. The first-order chi connectivity index (χ1) is 16.1. The molecule has 0 aliphatic carbocycles. The number of benzene rings is 1. The fourth-order valence-corrected chi connectivity index (χ4v) is 3.71. The van der Waals surface area contributed by atoms with Crippen LogP contribution in [0.4, 0.5) is 4.79 Å². The van der Waals surface area contributed by atoms with Gasteiger partial charge in [0.25, 0.3) is 5.91 Å². The lowest BCUT2D eigenvalue weighted by Crippen LogP contribution is -2.39. The van der Waals surface area contributed by atoms with Crippen molar-refractivity contribution in [3.8, 4) is 0 Å². The number of nitrogens with one attached hydrogen (secondary N) is 1. The van der Waals surface area contributed by atoms with Crippen LogP contribution in [0, 0.1) is 6.92 Å². The van der Waals surface area contributed by atoms with Crippen molar-refractivity contribution in [2.45, 2.75) is 19.9 Å². The van der Waals surface area contributed by atoms with Gasteiger partial charge >= 0.3 is 18.0 Å². The summed E-state index contributed by atoms with van der Waals surface area (Å²) in [6, 6.07) is 7.46. The number of aromatic nitrogens is 3. The van der Waals surface area contributed by atoms with Crippen molar-refractivity contribution < 1.29 is 29.4 Å². The van der Waals surface area contributed by atoms with E-state index < -0.39 is 11.9 Å². The number of carbonyl (C=O) groups is 4. The summed E-state index contributed by atoms with van der Waals surface area (Å²) in [5.74, 6) is -2.56. The van der Waals surface area contributed by atoms with E-state index in [9.17, 15) is 19.2 Å². The third kappa shape index (κ3) is 4.98. The van der Waals surface area contributed by atoms with E-state index in [4.69, 9.17) is 10.2 Å². The molecule has 11 nitrogen and oxygen atoms in total. The molecule has 34 heavy (non-hydrogen) atoms. The van der Waals surface area contributed by atoms with E-state index in [2.05, 4.69) is 9.97 Å². The standard InChI is InChI=1S/C19H21N5O2.C4H4O4/c1-12-14(21-11-20-12)10-23-9-8-16-17(18(23)25)13-6-4-5-7-15(13)24(16)19(26)22(2)3;5-3(6)1-2-4(7)8/h4-7,11H,8-10H2,1-3H3,(H,20,21);1-2H,(H,5,6)(H,7,8)/b;2-1-. The molecule has 2 aromatic heterocycles. The molecule has 0 bridgehead atoms. The largest absolute Gasteiger partial charge is 0.478 e. The second kappa shape index (κ2) is 10.0. The Morgan fingerprint density at radius 2 is 1.79 bits per heavy atom. The Bertz CT molecular complexity index is 1270. The van der Waals surface area contributed by atoms with Gasteiger partial charge < -0.3 is 25.0 Å². The number of hydrogen-bond acceptors (Lipinski definition) is 5. The van der Waals surface area contributed by atoms with Gasteiger partial charge in [0.2, 0.25) is 0 Å². The lowest BCUT2D eigenvalue weighted by atomic mass is 10.0. The number of amides is 2. The Labute approximate surface area is 194 Å². The molecule has 0 unspecified atom stereocenters. The maximum absolute atomic E-state index is 13.2. The first-order valence-electron chi connectivity index (χ1n) is 10.4. The second-order valence-corrected chi connectivity index (χ2v) is 7.81. The lowest BCUT2D eigenvalue weighted by molar-refractivity contribution is -0.134. The highest BCUT2D eigenvalue weighted by Gasteiger charge is 2.33. The van der Waals surface area contributed by atoms with Crippen molar-refractivity contribution in [2.75, 3.05) is 20.6 Å². The van der Waals surface area contributed by atoms with Crippen molar-refractivity contribution >= 4 is 34.8 Å². The molecule has 0 atom stereocenters. The molecular formula is C23H25N5O6. The number of hydrogen-bond donors (Lipinski definition) is 3. The zero-order valence-electron chi connectivity index (χ0n) is 19.0. The van der Waals surface area contributed by atoms with E-state index in [0.29, 0.717) is 37.2 Å². The SMILES string of the molecule is Cc1[nH]cnc1CN1CCc2c(c3ccccc3n2C(=O)N(C)C)C1=O.O=C(O)/C=C\C(=O)O. The van der Waals surface area contributed by atoms with Crippen molar-refractivity contribution in [1.29, 1.82) is 0 Å². The molecular weight excluding hydrogens is 442 g/mol. The zero-order valence-corrected chi connectivity index (χ0v) is 19.0. The molecule has 4 rings (SSSR count). The van der Waals surface area contributed by atoms with Gasteiger partial charge in [-0.1, -0.05) is 18.2 Å². The number of para-hydroxylation sites is 1. The minimum atomic E-state index is -1.26. The van der Waals surface area contributed by atoms with Crippen LogP contribution in [0.5, 0.6) is 0 Å². The highest BCUT2D eigenvalue weighted by molar-refractivity contribution is 6.11. The summed E-state index contributed by atoms with van der Waals surface area (Å²) in [5.41, 5.74) is 4.05. The summed E-state index contributed by atoms with van der Waals surface area (Å²) >= 11 is 0. The average Bonchev–Trinajstić information content (AvgIpc) is 3.35. The number of carboxylic acids is 2. The highest BCUT2D eigenvalue weighted by atomic mass is 16.4. The average molecular weight is 467 g/mol. The van der Waals surface area contributed by atoms with E-state index in [1.54, 1.807) is 25.0 Å². The number of rotatable bonds is 4. The van der Waals surface area contributed by atoms with Crippen LogP contribution >= 0.6 is 0 Å². The van der Waals surface area contributed by atoms with Crippen LogP contribution in [0.25, 0.3) is 10.9 Å². The fraction of sp³-hybridized carbons (Fsp3) is 0.261. The Morgan fingerprint density at radius 1 is 1.15 bits per heavy atom. The highest BCUT2D eigenvalue weighted by Crippen LogP contribution is 2.31. The maximum atomic E-state index is 13.2. The number of carboxylic acid groups (broad SMARTS) is 2. The molecule has 178 valence electrons. The van der Waals surface area contributed by atoms with Gasteiger partial charge in [0.15, 0.2) is 0 Å². The van der Waals surface area contributed by atoms with E-state index in [0.717, 1.165) is 28.0 Å². The van der Waals surface area contributed by atoms with Crippen molar-refractivity contribution in [3.05, 3.63) is 65.4 Å². The van der Waals surface area contributed by atoms with Gasteiger partial charge in [-0.25, -0.2) is 19.4 Å². The van der Waals surface area contributed by atoms with E-state index >= 15 is 0 Å². The quantitative estimate of drug-likeness (QED) is 0.498. The monoisotopic (exact) mass is 467 g/mol. The molecule has 3 heterocycles. The topological polar surface area (TPSA) is 149 Å². The van der Waals surface area contributed by atoms with E-state index in [1.165, 1.54) is 4.90 Å². The van der Waals surface area contributed by atoms with Crippen molar-refractivity contribution in [2.24, 2.45) is 0 Å². The minimum absolute atomic E-state index is 0.0462. The third-order valence-corrected chi connectivity index (χ3v) is 5.31. The summed E-state index contributed by atoms with van der Waals surface area (Å²) in [5, 5.41) is 16.4. The molecule has 0 saturated carbocycles. The predicted molar refractivity (Wildman–Crippen MR) is 123 cm³/mol. The summed E-state index contributed by atoms with van der Waals surface area (Å²) in [6.45, 7) is 2.98. The Kier molecular flexibility index (Phi) is 7.15. The molecule has 1 aliphatic rings. The second-order valence-electron chi connectivity index (χ2n) is 7.81. The van der Waals surface area contributed by atoms with Gasteiger partial charge in [-0.2, -0.15) is 0 Å². The Hall–Kier alpha value is -4.41. The van der Waals surface area contributed by atoms with Gasteiger partial charge in [0.1, 0.15) is 0 Å². The molecule has 0 fully saturated rings. The number of nitrogens with zero attached hydrogens (tertiary/aromatic N) is 4. The number of H-pyrrole nitrogens is 1. The molecule has 1 aliphatic heterocycles. The van der Waals surface area contributed by atoms with Crippen molar-refractivity contribution in [1.82, 2.24) is 24.3 Å². The molecule has 0 spiro atoms. The molecule has 0 radical (unpaired) electrons.